The van der Waals surface area contributed by atoms with Crippen LogP contribution in [0.25, 0.3) is 0 Å². The van der Waals surface area contributed by atoms with Crippen LogP contribution in [-0.4, -0.2) is 43.2 Å². The molecule has 1 aliphatic heterocycles. The van der Waals surface area contributed by atoms with Gasteiger partial charge in [0.15, 0.2) is 0 Å². The summed E-state index contributed by atoms with van der Waals surface area (Å²) in [5.74, 6) is 0.932. The summed E-state index contributed by atoms with van der Waals surface area (Å²) in [6, 6.07) is 18.4. The van der Waals surface area contributed by atoms with E-state index in [9.17, 15) is 4.79 Å². The van der Waals surface area contributed by atoms with Gasteiger partial charge in [-0.3, -0.25) is 4.79 Å². The van der Waals surface area contributed by atoms with E-state index in [1.165, 1.54) is 0 Å². The van der Waals surface area contributed by atoms with Gasteiger partial charge in [-0.25, -0.2) is 0 Å². The van der Waals surface area contributed by atoms with E-state index in [4.69, 9.17) is 9.47 Å². The standard InChI is InChI=1S/C24H31NO3/c1-24(2)17-19(14-15-28-24)25(3)23(26)16-21(18-10-6-5-7-11-18)20-12-8-9-13-22(20)27-4/h5-13,19,21H,14-17H2,1-4H3/t19-,21+/m1/s1. The highest BCUT2D eigenvalue weighted by Gasteiger charge is 2.33. The Kier molecular flexibility index (Phi) is 6.40. The second-order valence-electron chi connectivity index (χ2n) is 8.17. The van der Waals surface area contributed by atoms with Crippen molar-refractivity contribution in [2.45, 2.75) is 50.7 Å². The Hall–Kier alpha value is -2.33. The van der Waals surface area contributed by atoms with Gasteiger partial charge in [0.2, 0.25) is 5.91 Å². The van der Waals surface area contributed by atoms with Crippen LogP contribution in [0, 0.1) is 0 Å². The monoisotopic (exact) mass is 381 g/mol. The number of methoxy groups -OCH3 is 1. The third-order valence-corrected chi connectivity index (χ3v) is 5.71. The Morgan fingerprint density at radius 1 is 1.18 bits per heavy atom. The van der Waals surface area contributed by atoms with Gasteiger partial charge in [0.05, 0.1) is 12.7 Å². The van der Waals surface area contributed by atoms with Crippen LogP contribution < -0.4 is 4.74 Å². The first-order valence-electron chi connectivity index (χ1n) is 9.99. The van der Waals surface area contributed by atoms with Gasteiger partial charge in [0.1, 0.15) is 5.75 Å². The molecule has 1 saturated heterocycles. The van der Waals surface area contributed by atoms with E-state index in [2.05, 4.69) is 32.0 Å². The molecule has 0 saturated carbocycles. The van der Waals surface area contributed by atoms with Crippen molar-refractivity contribution < 1.29 is 14.3 Å². The van der Waals surface area contributed by atoms with Crippen LogP contribution >= 0.6 is 0 Å². The molecule has 0 aromatic heterocycles. The van der Waals surface area contributed by atoms with Gasteiger partial charge in [-0.2, -0.15) is 0 Å². The van der Waals surface area contributed by atoms with Gasteiger partial charge in [0.25, 0.3) is 0 Å². The van der Waals surface area contributed by atoms with E-state index in [1.807, 2.05) is 48.3 Å². The van der Waals surface area contributed by atoms with E-state index in [0.717, 1.165) is 29.7 Å². The number of nitrogens with zero attached hydrogens (tertiary/aromatic N) is 1. The highest BCUT2D eigenvalue weighted by Crippen LogP contribution is 2.35. The SMILES string of the molecule is COc1ccccc1[C@@H](CC(=O)N(C)[C@@H]1CCOC(C)(C)C1)c1ccccc1. The van der Waals surface area contributed by atoms with Crippen molar-refractivity contribution in [3.8, 4) is 5.75 Å². The van der Waals surface area contributed by atoms with Crippen molar-refractivity contribution >= 4 is 5.91 Å². The molecule has 1 fully saturated rings. The third kappa shape index (κ3) is 4.74. The fourth-order valence-electron chi connectivity index (χ4n) is 4.10. The van der Waals surface area contributed by atoms with Crippen molar-refractivity contribution in [1.29, 1.82) is 0 Å². The number of hydrogen-bond acceptors (Lipinski definition) is 3. The number of carbonyl (C=O) groups excluding carboxylic acids is 1. The number of ether oxygens (including phenoxy) is 2. The van der Waals surface area contributed by atoms with Crippen molar-refractivity contribution in [2.24, 2.45) is 0 Å². The topological polar surface area (TPSA) is 38.8 Å². The first-order valence-corrected chi connectivity index (χ1v) is 9.99. The van der Waals surface area contributed by atoms with Crippen LogP contribution in [0.4, 0.5) is 0 Å². The maximum absolute atomic E-state index is 13.3. The van der Waals surface area contributed by atoms with Crippen molar-refractivity contribution in [3.63, 3.8) is 0 Å². The van der Waals surface area contributed by atoms with Crippen LogP contribution in [0.3, 0.4) is 0 Å². The summed E-state index contributed by atoms with van der Waals surface area (Å²) in [5.41, 5.74) is 1.99. The van der Waals surface area contributed by atoms with Crippen LogP contribution in [-0.2, 0) is 9.53 Å². The van der Waals surface area contributed by atoms with E-state index in [-0.39, 0.29) is 23.5 Å². The minimum Gasteiger partial charge on any atom is -0.496 e. The molecule has 0 aliphatic carbocycles. The summed E-state index contributed by atoms with van der Waals surface area (Å²) < 4.78 is 11.4. The average molecular weight is 382 g/mol. The Labute approximate surface area is 168 Å². The predicted octanol–water partition coefficient (Wildman–Crippen LogP) is 4.63. The van der Waals surface area contributed by atoms with Gasteiger partial charge in [-0.15, -0.1) is 0 Å². The first kappa shape index (κ1) is 20.4. The number of hydrogen-bond donors (Lipinski definition) is 0. The maximum Gasteiger partial charge on any atom is 0.223 e. The summed E-state index contributed by atoms with van der Waals surface area (Å²) in [5, 5.41) is 0. The molecule has 4 heteroatoms. The molecule has 0 bridgehead atoms. The number of rotatable bonds is 6. The third-order valence-electron chi connectivity index (χ3n) is 5.71. The lowest BCUT2D eigenvalue weighted by Gasteiger charge is -2.40. The summed E-state index contributed by atoms with van der Waals surface area (Å²) in [7, 11) is 3.61. The molecular formula is C24H31NO3. The van der Waals surface area contributed by atoms with Gasteiger partial charge in [-0.05, 0) is 38.3 Å². The second kappa shape index (κ2) is 8.78. The second-order valence-corrected chi connectivity index (χ2v) is 8.17. The number of amides is 1. The fraction of sp³-hybridized carbons (Fsp3) is 0.458. The normalized spacial score (nSPS) is 19.6. The molecule has 2 aromatic rings. The molecular weight excluding hydrogens is 350 g/mol. The molecule has 4 nitrogen and oxygen atoms in total. The number of carbonyl (C=O) groups is 1. The summed E-state index contributed by atoms with van der Waals surface area (Å²) in [6.07, 6.45) is 2.16. The average Bonchev–Trinajstić information content (AvgIpc) is 2.71. The summed E-state index contributed by atoms with van der Waals surface area (Å²) in [6.45, 7) is 4.89. The van der Waals surface area contributed by atoms with Gasteiger partial charge in [-0.1, -0.05) is 48.5 Å². The lowest BCUT2D eigenvalue weighted by molar-refractivity contribution is -0.138. The molecule has 2 atom stereocenters. The highest BCUT2D eigenvalue weighted by molar-refractivity contribution is 5.78. The predicted molar refractivity (Wildman–Crippen MR) is 112 cm³/mol. The summed E-state index contributed by atoms with van der Waals surface area (Å²) in [4.78, 5) is 15.2. The van der Waals surface area contributed by atoms with Crippen molar-refractivity contribution in [1.82, 2.24) is 4.90 Å². The molecule has 2 aromatic carbocycles. The smallest absolute Gasteiger partial charge is 0.223 e. The Balaban J connectivity index is 1.84. The molecule has 0 spiro atoms. The Morgan fingerprint density at radius 3 is 2.54 bits per heavy atom. The zero-order chi connectivity index (χ0) is 20.1. The highest BCUT2D eigenvalue weighted by atomic mass is 16.5. The molecule has 1 aliphatic rings. The zero-order valence-electron chi connectivity index (χ0n) is 17.4. The minimum atomic E-state index is -0.182. The van der Waals surface area contributed by atoms with E-state index in [0.29, 0.717) is 13.0 Å². The quantitative estimate of drug-likeness (QED) is 0.732. The van der Waals surface area contributed by atoms with Crippen LogP contribution in [0.5, 0.6) is 5.75 Å². The molecule has 3 rings (SSSR count). The molecule has 0 N–H and O–H groups in total. The van der Waals surface area contributed by atoms with Crippen LogP contribution in [0.15, 0.2) is 54.6 Å². The van der Waals surface area contributed by atoms with E-state index >= 15 is 0 Å². The molecule has 28 heavy (non-hydrogen) atoms. The molecule has 150 valence electrons. The zero-order valence-corrected chi connectivity index (χ0v) is 17.4. The maximum atomic E-state index is 13.3. The Bertz CT molecular complexity index is 787. The molecule has 1 amide bonds. The Morgan fingerprint density at radius 2 is 1.86 bits per heavy atom. The first-order chi connectivity index (χ1) is 13.4. The molecule has 0 radical (unpaired) electrons. The largest absolute Gasteiger partial charge is 0.496 e. The van der Waals surface area contributed by atoms with Crippen molar-refractivity contribution in [2.75, 3.05) is 20.8 Å². The number of para-hydroxylation sites is 1. The summed E-state index contributed by atoms with van der Waals surface area (Å²) >= 11 is 0. The number of benzene rings is 2. The molecule has 0 unspecified atom stereocenters. The molecule has 1 heterocycles. The van der Waals surface area contributed by atoms with Gasteiger partial charge in [0, 0.05) is 37.6 Å². The lowest BCUT2D eigenvalue weighted by Crippen LogP contribution is -2.47. The van der Waals surface area contributed by atoms with Crippen LogP contribution in [0.2, 0.25) is 0 Å². The fourth-order valence-corrected chi connectivity index (χ4v) is 4.10. The van der Waals surface area contributed by atoms with E-state index < -0.39 is 0 Å². The lowest BCUT2D eigenvalue weighted by atomic mass is 9.86. The van der Waals surface area contributed by atoms with Crippen LogP contribution in [0.1, 0.15) is 50.2 Å². The van der Waals surface area contributed by atoms with E-state index in [1.54, 1.807) is 7.11 Å². The van der Waals surface area contributed by atoms with Crippen molar-refractivity contribution in [3.05, 3.63) is 65.7 Å². The minimum absolute atomic E-state index is 0.0415. The van der Waals surface area contributed by atoms with Gasteiger partial charge >= 0.3 is 0 Å². The van der Waals surface area contributed by atoms with Gasteiger partial charge < -0.3 is 14.4 Å².